The molecule has 6 nitrogen and oxygen atoms in total. The van der Waals surface area contributed by atoms with Crippen molar-refractivity contribution < 1.29 is 4.52 Å². The minimum Gasteiger partial charge on any atom is -0.343 e. The molecule has 3 aromatic rings. The van der Waals surface area contributed by atoms with Crippen LogP contribution in [-0.4, -0.2) is 24.7 Å². The van der Waals surface area contributed by atoms with Crippen molar-refractivity contribution in [3.63, 3.8) is 0 Å². The Morgan fingerprint density at radius 1 is 1.44 bits per heavy atom. The molecule has 3 heterocycles. The summed E-state index contributed by atoms with van der Waals surface area (Å²) < 4.78 is 7.32. The van der Waals surface area contributed by atoms with E-state index in [4.69, 9.17) is 16.7 Å². The number of hydrogen-bond acceptors (Lipinski definition) is 5. The number of aromatic amines is 1. The normalized spacial score (nSPS) is 11.2. The standard InChI is InChI=1S/C11H11N5OS/c1-7-2-4-12-10-9(7)14-11(18)16(10)5-3-8-13-6-17-15-8/h2,4,6H,3,5H2,1H3,(H,14,18). The molecule has 3 aromatic heterocycles. The lowest BCUT2D eigenvalue weighted by molar-refractivity contribution is 0.408. The van der Waals surface area contributed by atoms with Crippen LogP contribution in [0.15, 0.2) is 23.2 Å². The average molecular weight is 261 g/mol. The highest BCUT2D eigenvalue weighted by molar-refractivity contribution is 7.71. The molecule has 0 spiro atoms. The van der Waals surface area contributed by atoms with Gasteiger partial charge in [0.1, 0.15) is 0 Å². The van der Waals surface area contributed by atoms with Gasteiger partial charge in [-0.05, 0) is 30.8 Å². The SMILES string of the molecule is Cc1ccnc2c1[nH]c(=S)n2CCc1ncon1. The molecule has 0 bridgehead atoms. The Morgan fingerprint density at radius 2 is 2.33 bits per heavy atom. The second kappa shape index (κ2) is 4.34. The Kier molecular flexibility index (Phi) is 2.67. The molecule has 18 heavy (non-hydrogen) atoms. The first-order valence-electron chi connectivity index (χ1n) is 5.55. The molecular weight excluding hydrogens is 250 g/mol. The zero-order chi connectivity index (χ0) is 12.5. The van der Waals surface area contributed by atoms with Gasteiger partial charge >= 0.3 is 0 Å². The van der Waals surface area contributed by atoms with Crippen molar-refractivity contribution >= 4 is 23.4 Å². The molecule has 0 atom stereocenters. The summed E-state index contributed by atoms with van der Waals surface area (Å²) in [5.41, 5.74) is 2.98. The molecule has 1 N–H and O–H groups in total. The van der Waals surface area contributed by atoms with Crippen molar-refractivity contribution in [2.75, 3.05) is 0 Å². The fraction of sp³-hybridized carbons (Fsp3) is 0.273. The molecule has 92 valence electrons. The smallest absolute Gasteiger partial charge is 0.213 e. The number of nitrogens with one attached hydrogen (secondary N) is 1. The van der Waals surface area contributed by atoms with Crippen molar-refractivity contribution in [3.05, 3.63) is 34.8 Å². The van der Waals surface area contributed by atoms with E-state index in [0.29, 0.717) is 23.6 Å². The van der Waals surface area contributed by atoms with E-state index in [1.807, 2.05) is 17.6 Å². The van der Waals surface area contributed by atoms with E-state index in [1.54, 1.807) is 6.20 Å². The summed E-state index contributed by atoms with van der Waals surface area (Å²) in [6.07, 6.45) is 3.77. The van der Waals surface area contributed by atoms with Crippen molar-refractivity contribution in [2.45, 2.75) is 19.9 Å². The highest BCUT2D eigenvalue weighted by atomic mass is 32.1. The third-order valence-corrected chi connectivity index (χ3v) is 3.16. The fourth-order valence-corrected chi connectivity index (χ4v) is 2.18. The molecule has 0 aromatic carbocycles. The largest absolute Gasteiger partial charge is 0.343 e. The summed E-state index contributed by atoms with van der Waals surface area (Å²) in [5.74, 6) is 0.666. The first-order chi connectivity index (χ1) is 8.75. The molecule has 3 rings (SSSR count). The first kappa shape index (κ1) is 11.1. The maximum Gasteiger partial charge on any atom is 0.213 e. The molecular formula is C11H11N5OS. The van der Waals surface area contributed by atoms with Crippen LogP contribution in [0, 0.1) is 11.7 Å². The summed E-state index contributed by atoms with van der Waals surface area (Å²) in [4.78, 5) is 11.5. The summed E-state index contributed by atoms with van der Waals surface area (Å²) in [7, 11) is 0. The number of pyridine rings is 1. The van der Waals surface area contributed by atoms with Gasteiger partial charge in [0.25, 0.3) is 0 Å². The van der Waals surface area contributed by atoms with Gasteiger partial charge in [-0.25, -0.2) is 4.98 Å². The molecule has 0 aliphatic carbocycles. The monoisotopic (exact) mass is 261 g/mol. The van der Waals surface area contributed by atoms with Crippen LogP contribution in [-0.2, 0) is 13.0 Å². The van der Waals surface area contributed by atoms with Crippen LogP contribution < -0.4 is 0 Å². The molecule has 0 fully saturated rings. The third-order valence-electron chi connectivity index (χ3n) is 2.84. The predicted octanol–water partition coefficient (Wildman–Crippen LogP) is 2.03. The molecule has 0 radical (unpaired) electrons. The van der Waals surface area contributed by atoms with Crippen LogP contribution in [0.5, 0.6) is 0 Å². The molecule has 0 saturated heterocycles. The zero-order valence-electron chi connectivity index (χ0n) is 9.75. The van der Waals surface area contributed by atoms with E-state index in [1.165, 1.54) is 6.39 Å². The van der Waals surface area contributed by atoms with Gasteiger partial charge in [-0.3, -0.25) is 0 Å². The van der Waals surface area contributed by atoms with Crippen molar-refractivity contribution in [1.82, 2.24) is 24.7 Å². The van der Waals surface area contributed by atoms with E-state index >= 15 is 0 Å². The van der Waals surface area contributed by atoms with Crippen LogP contribution in [0.1, 0.15) is 11.4 Å². The number of fused-ring (bicyclic) bond motifs is 1. The Bertz CT molecular complexity index is 728. The summed E-state index contributed by atoms with van der Waals surface area (Å²) in [6, 6.07) is 1.96. The quantitative estimate of drug-likeness (QED) is 0.730. The van der Waals surface area contributed by atoms with E-state index in [0.717, 1.165) is 16.7 Å². The average Bonchev–Trinajstić information content (AvgIpc) is 2.95. The van der Waals surface area contributed by atoms with Crippen LogP contribution in [0.4, 0.5) is 0 Å². The zero-order valence-corrected chi connectivity index (χ0v) is 10.6. The van der Waals surface area contributed by atoms with Gasteiger partial charge in [-0.15, -0.1) is 0 Å². The Labute approximate surface area is 108 Å². The summed E-state index contributed by atoms with van der Waals surface area (Å²) in [5, 5.41) is 3.78. The van der Waals surface area contributed by atoms with Crippen LogP contribution in [0.2, 0.25) is 0 Å². The summed E-state index contributed by atoms with van der Waals surface area (Å²) in [6.45, 7) is 2.70. The number of H-pyrrole nitrogens is 1. The highest BCUT2D eigenvalue weighted by Crippen LogP contribution is 2.15. The number of hydrogen-bond donors (Lipinski definition) is 1. The maximum absolute atomic E-state index is 5.31. The van der Waals surface area contributed by atoms with Gasteiger partial charge < -0.3 is 14.1 Å². The van der Waals surface area contributed by atoms with Crippen molar-refractivity contribution in [2.24, 2.45) is 0 Å². The van der Waals surface area contributed by atoms with Crippen LogP contribution in [0.25, 0.3) is 11.2 Å². The van der Waals surface area contributed by atoms with E-state index in [-0.39, 0.29) is 0 Å². The first-order valence-corrected chi connectivity index (χ1v) is 5.96. The second-order valence-electron chi connectivity index (χ2n) is 4.01. The van der Waals surface area contributed by atoms with Gasteiger partial charge in [0.15, 0.2) is 16.2 Å². The van der Waals surface area contributed by atoms with Crippen molar-refractivity contribution in [3.8, 4) is 0 Å². The Balaban J connectivity index is 1.99. The number of aromatic nitrogens is 5. The van der Waals surface area contributed by atoms with Gasteiger partial charge in [0.05, 0.1) is 5.52 Å². The Morgan fingerprint density at radius 3 is 3.11 bits per heavy atom. The van der Waals surface area contributed by atoms with Crippen LogP contribution in [0.3, 0.4) is 0 Å². The maximum atomic E-state index is 5.31. The molecule has 0 aliphatic heterocycles. The third kappa shape index (κ3) is 1.82. The van der Waals surface area contributed by atoms with E-state index < -0.39 is 0 Å². The van der Waals surface area contributed by atoms with E-state index in [2.05, 4.69) is 20.1 Å². The number of nitrogens with zero attached hydrogens (tertiary/aromatic N) is 4. The molecule has 0 aliphatic rings. The Hall–Kier alpha value is -2.02. The fourth-order valence-electron chi connectivity index (χ4n) is 1.90. The minimum atomic E-state index is 0.660. The lowest BCUT2D eigenvalue weighted by atomic mass is 10.3. The lowest BCUT2D eigenvalue weighted by Gasteiger charge is -2.01. The van der Waals surface area contributed by atoms with E-state index in [9.17, 15) is 0 Å². The van der Waals surface area contributed by atoms with Crippen molar-refractivity contribution in [1.29, 1.82) is 0 Å². The van der Waals surface area contributed by atoms with Gasteiger partial charge in [-0.2, -0.15) is 4.98 Å². The highest BCUT2D eigenvalue weighted by Gasteiger charge is 2.08. The number of rotatable bonds is 3. The number of aryl methyl sites for hydroxylation is 3. The van der Waals surface area contributed by atoms with Crippen LogP contribution >= 0.6 is 12.2 Å². The van der Waals surface area contributed by atoms with Gasteiger partial charge in [-0.1, -0.05) is 5.16 Å². The van der Waals surface area contributed by atoms with Gasteiger partial charge in [0.2, 0.25) is 6.39 Å². The molecule has 7 heteroatoms. The topological polar surface area (TPSA) is 72.5 Å². The lowest BCUT2D eigenvalue weighted by Crippen LogP contribution is -2.03. The minimum absolute atomic E-state index is 0.660. The predicted molar refractivity (Wildman–Crippen MR) is 67.7 cm³/mol. The second-order valence-corrected chi connectivity index (χ2v) is 4.39. The number of imidazole rings is 1. The molecule has 0 saturated carbocycles. The molecule has 0 amide bonds. The molecule has 0 unspecified atom stereocenters. The summed E-state index contributed by atoms with van der Waals surface area (Å²) >= 11 is 5.31. The van der Waals surface area contributed by atoms with Gasteiger partial charge in [0, 0.05) is 19.2 Å².